The number of rotatable bonds is 29. The van der Waals surface area contributed by atoms with Crippen LogP contribution in [0.5, 0.6) is 0 Å². The van der Waals surface area contributed by atoms with Crippen LogP contribution in [-0.2, 0) is 28.6 Å². The first kappa shape index (κ1) is 38.8. The molecule has 1 aliphatic heterocycles. The lowest BCUT2D eigenvalue weighted by Crippen LogP contribution is -2.56. The van der Waals surface area contributed by atoms with Gasteiger partial charge in [-0.05, 0) is 96.6 Å². The van der Waals surface area contributed by atoms with Gasteiger partial charge in [0.05, 0.1) is 19.6 Å². The largest absolute Gasteiger partial charge is 0.466 e. The minimum Gasteiger partial charge on any atom is -0.466 e. The summed E-state index contributed by atoms with van der Waals surface area (Å²) in [7, 11) is 0. The number of carbonyl (C=O) groups excluding carboxylic acids is 3. The molecular weight excluding hydrogens is 546 g/mol. The minimum absolute atomic E-state index is 0.0838. The van der Waals surface area contributed by atoms with Crippen molar-refractivity contribution < 1.29 is 28.6 Å². The average Bonchev–Trinajstić information content (AvgIpc) is 3.00. The van der Waals surface area contributed by atoms with Gasteiger partial charge in [0.25, 0.3) is 0 Å². The van der Waals surface area contributed by atoms with Crippen LogP contribution in [0.2, 0.25) is 0 Å². The highest BCUT2D eigenvalue weighted by Crippen LogP contribution is 2.11. The molecule has 9 heteroatoms. The summed E-state index contributed by atoms with van der Waals surface area (Å²) in [6.45, 7) is 7.97. The Hall–Kier alpha value is -2.23. The standard InChI is InChI=1S/C34H61N3O6/c1-3-5-7-9-12-19-27-42-33(43-28-20-13-10-8-6-4-2)23-22-32(39)41-26-18-14-11-16-24-35-25-17-15-21-30-34(40)36-29-31(38)37-30/h5-8,30,33,35H,3-4,9-29H2,1-2H3,(H,36,40)(H,37,38)/b7-5-,8-6-/t30-/m0/s1. The SMILES string of the molecule is CC/C=C\CCCCOC(CCC(=O)OCCCCCCNCCCC[C@@H]1NC(=O)CNC1=O)OCCCC/C=C\CC. The van der Waals surface area contributed by atoms with Crippen LogP contribution in [0.1, 0.15) is 123 Å². The van der Waals surface area contributed by atoms with E-state index < -0.39 is 0 Å². The number of amides is 2. The molecule has 1 aliphatic rings. The molecule has 1 fully saturated rings. The van der Waals surface area contributed by atoms with Gasteiger partial charge in [0.15, 0.2) is 6.29 Å². The van der Waals surface area contributed by atoms with Crippen LogP contribution in [0, 0.1) is 0 Å². The molecule has 0 radical (unpaired) electrons. The van der Waals surface area contributed by atoms with E-state index in [0.29, 0.717) is 39.1 Å². The zero-order chi connectivity index (χ0) is 31.2. The molecule has 0 spiro atoms. The number of unbranched alkanes of at least 4 members (excludes halogenated alkanes) is 8. The molecule has 248 valence electrons. The van der Waals surface area contributed by atoms with Gasteiger partial charge in [0, 0.05) is 19.6 Å². The second-order valence-electron chi connectivity index (χ2n) is 11.2. The predicted molar refractivity (Wildman–Crippen MR) is 173 cm³/mol. The van der Waals surface area contributed by atoms with Gasteiger partial charge >= 0.3 is 5.97 Å². The smallest absolute Gasteiger partial charge is 0.305 e. The number of ether oxygens (including phenoxy) is 3. The maximum atomic E-state index is 12.3. The van der Waals surface area contributed by atoms with Crippen LogP contribution in [0.15, 0.2) is 24.3 Å². The number of piperazine rings is 1. The van der Waals surface area contributed by atoms with E-state index in [9.17, 15) is 14.4 Å². The maximum absolute atomic E-state index is 12.3. The van der Waals surface area contributed by atoms with Crippen molar-refractivity contribution in [2.24, 2.45) is 0 Å². The molecule has 43 heavy (non-hydrogen) atoms. The van der Waals surface area contributed by atoms with Crippen molar-refractivity contribution in [2.45, 2.75) is 135 Å². The van der Waals surface area contributed by atoms with E-state index in [1.165, 1.54) is 0 Å². The van der Waals surface area contributed by atoms with Gasteiger partial charge < -0.3 is 30.2 Å². The Morgan fingerprint density at radius 2 is 1.42 bits per heavy atom. The van der Waals surface area contributed by atoms with E-state index in [1.54, 1.807) is 0 Å². The molecule has 0 unspecified atom stereocenters. The summed E-state index contributed by atoms with van der Waals surface area (Å²) >= 11 is 0. The van der Waals surface area contributed by atoms with E-state index >= 15 is 0 Å². The number of carbonyl (C=O) groups is 3. The molecule has 0 aromatic carbocycles. The van der Waals surface area contributed by atoms with Crippen molar-refractivity contribution >= 4 is 17.8 Å². The molecule has 1 atom stereocenters. The first-order chi connectivity index (χ1) is 21.1. The lowest BCUT2D eigenvalue weighted by Gasteiger charge is -2.22. The minimum atomic E-state index is -0.390. The van der Waals surface area contributed by atoms with Gasteiger partial charge in [-0.1, -0.05) is 51.0 Å². The lowest BCUT2D eigenvalue weighted by atomic mass is 10.1. The molecule has 9 nitrogen and oxygen atoms in total. The Bertz CT molecular complexity index is 749. The fourth-order valence-electron chi connectivity index (χ4n) is 4.67. The van der Waals surface area contributed by atoms with Crippen LogP contribution in [0.4, 0.5) is 0 Å². The zero-order valence-electron chi connectivity index (χ0n) is 27.2. The van der Waals surface area contributed by atoms with E-state index in [0.717, 1.165) is 103 Å². The fraction of sp³-hybridized carbons (Fsp3) is 0.794. The number of nitrogens with one attached hydrogen (secondary N) is 3. The third-order valence-electron chi connectivity index (χ3n) is 7.21. The lowest BCUT2D eigenvalue weighted by molar-refractivity contribution is -0.159. The Morgan fingerprint density at radius 1 is 0.814 bits per heavy atom. The summed E-state index contributed by atoms with van der Waals surface area (Å²) in [5.41, 5.74) is 0. The Labute approximate surface area is 261 Å². The summed E-state index contributed by atoms with van der Waals surface area (Å²) in [4.78, 5) is 35.4. The summed E-state index contributed by atoms with van der Waals surface area (Å²) in [5.74, 6) is -0.381. The van der Waals surface area contributed by atoms with Crippen molar-refractivity contribution in [3.05, 3.63) is 24.3 Å². The molecule has 0 aromatic rings. The predicted octanol–water partition coefficient (Wildman–Crippen LogP) is 5.88. The summed E-state index contributed by atoms with van der Waals surface area (Å²) < 4.78 is 17.4. The van der Waals surface area contributed by atoms with Crippen molar-refractivity contribution in [3.63, 3.8) is 0 Å². The number of esters is 1. The Kier molecular flexibility index (Phi) is 25.7. The Morgan fingerprint density at radius 3 is 2.07 bits per heavy atom. The van der Waals surface area contributed by atoms with Gasteiger partial charge in [-0.3, -0.25) is 14.4 Å². The molecule has 0 saturated carbocycles. The highest BCUT2D eigenvalue weighted by atomic mass is 16.7. The van der Waals surface area contributed by atoms with Crippen molar-refractivity contribution in [2.75, 3.05) is 39.5 Å². The average molecular weight is 608 g/mol. The normalized spacial score (nSPS) is 15.5. The quantitative estimate of drug-likeness (QED) is 0.0421. The van der Waals surface area contributed by atoms with Crippen LogP contribution in [0.25, 0.3) is 0 Å². The molecule has 0 bridgehead atoms. The molecule has 0 aromatic heterocycles. The van der Waals surface area contributed by atoms with Gasteiger partial charge in [-0.2, -0.15) is 0 Å². The monoisotopic (exact) mass is 607 g/mol. The van der Waals surface area contributed by atoms with Gasteiger partial charge in [0.2, 0.25) is 11.8 Å². The third kappa shape index (κ3) is 23.9. The van der Waals surface area contributed by atoms with Gasteiger partial charge in [0.1, 0.15) is 6.04 Å². The molecule has 3 N–H and O–H groups in total. The summed E-state index contributed by atoms with van der Waals surface area (Å²) in [6.07, 6.45) is 24.4. The second kappa shape index (κ2) is 28.5. The Balaban J connectivity index is 2.06. The molecule has 2 amide bonds. The highest BCUT2D eigenvalue weighted by Gasteiger charge is 2.24. The number of allylic oxidation sites excluding steroid dienone is 4. The van der Waals surface area contributed by atoms with Gasteiger partial charge in [-0.15, -0.1) is 0 Å². The molecule has 0 aliphatic carbocycles. The molecular formula is C34H61N3O6. The maximum Gasteiger partial charge on any atom is 0.305 e. The fourth-order valence-corrected chi connectivity index (χ4v) is 4.67. The highest BCUT2D eigenvalue weighted by molar-refractivity contribution is 5.94. The van der Waals surface area contributed by atoms with Crippen molar-refractivity contribution in [3.8, 4) is 0 Å². The van der Waals surface area contributed by atoms with E-state index in [4.69, 9.17) is 14.2 Å². The van der Waals surface area contributed by atoms with Crippen LogP contribution in [-0.4, -0.2) is 69.6 Å². The topological polar surface area (TPSA) is 115 Å². The molecule has 1 rings (SSSR count). The number of hydrogen-bond acceptors (Lipinski definition) is 7. The van der Waals surface area contributed by atoms with E-state index in [1.807, 2.05) is 0 Å². The number of hydrogen-bond donors (Lipinski definition) is 3. The zero-order valence-corrected chi connectivity index (χ0v) is 27.2. The third-order valence-corrected chi connectivity index (χ3v) is 7.21. The van der Waals surface area contributed by atoms with E-state index in [2.05, 4.69) is 54.1 Å². The summed E-state index contributed by atoms with van der Waals surface area (Å²) in [5, 5.41) is 8.78. The molecule has 1 saturated heterocycles. The first-order valence-corrected chi connectivity index (χ1v) is 17.0. The first-order valence-electron chi connectivity index (χ1n) is 17.0. The van der Waals surface area contributed by atoms with Crippen molar-refractivity contribution in [1.82, 2.24) is 16.0 Å². The summed E-state index contributed by atoms with van der Waals surface area (Å²) in [6, 6.07) is -0.390. The van der Waals surface area contributed by atoms with Crippen LogP contribution < -0.4 is 16.0 Å². The molecule has 1 heterocycles. The van der Waals surface area contributed by atoms with Gasteiger partial charge in [-0.25, -0.2) is 0 Å². The van der Waals surface area contributed by atoms with E-state index in [-0.39, 0.29) is 36.7 Å². The van der Waals surface area contributed by atoms with Crippen LogP contribution in [0.3, 0.4) is 0 Å². The van der Waals surface area contributed by atoms with Crippen molar-refractivity contribution in [1.29, 1.82) is 0 Å². The van der Waals surface area contributed by atoms with Crippen LogP contribution >= 0.6 is 0 Å². The second-order valence-corrected chi connectivity index (χ2v) is 11.2.